The molecule has 1 atom stereocenters. The molecule has 1 aliphatic rings. The van der Waals surface area contributed by atoms with Crippen molar-refractivity contribution < 1.29 is 24.5 Å². The van der Waals surface area contributed by atoms with Gasteiger partial charge in [0.1, 0.15) is 19.3 Å². The van der Waals surface area contributed by atoms with Crippen LogP contribution in [0.5, 0.6) is 11.5 Å². The number of rotatable bonds is 5. The SMILES string of the molecule is O=C(O)C=Cc1cccn1-c1ccc(Cl)cc1C(O)c1cccc2c1OCCO2. The first-order valence-corrected chi connectivity index (χ1v) is 9.37. The first kappa shape index (κ1) is 19.1. The Labute approximate surface area is 172 Å². The summed E-state index contributed by atoms with van der Waals surface area (Å²) in [5, 5.41) is 20.6. The molecule has 0 bridgehead atoms. The van der Waals surface area contributed by atoms with Gasteiger partial charge in [0.15, 0.2) is 11.5 Å². The minimum atomic E-state index is -1.04. The third-order valence-electron chi connectivity index (χ3n) is 4.61. The topological polar surface area (TPSA) is 80.9 Å². The van der Waals surface area contributed by atoms with Gasteiger partial charge in [-0.2, -0.15) is 0 Å². The Morgan fingerprint density at radius 3 is 2.76 bits per heavy atom. The van der Waals surface area contributed by atoms with Crippen LogP contribution in [0, 0.1) is 0 Å². The van der Waals surface area contributed by atoms with Crippen molar-refractivity contribution in [2.24, 2.45) is 0 Å². The summed E-state index contributed by atoms with van der Waals surface area (Å²) in [6.07, 6.45) is 3.32. The quantitative estimate of drug-likeness (QED) is 0.618. The van der Waals surface area contributed by atoms with Crippen molar-refractivity contribution in [3.05, 3.63) is 82.6 Å². The monoisotopic (exact) mass is 411 g/mol. The maximum Gasteiger partial charge on any atom is 0.328 e. The maximum atomic E-state index is 11.2. The van der Waals surface area contributed by atoms with Crippen LogP contribution in [-0.4, -0.2) is 34.0 Å². The molecule has 3 aromatic rings. The number of fused-ring (bicyclic) bond motifs is 1. The first-order valence-electron chi connectivity index (χ1n) is 8.99. The zero-order valence-electron chi connectivity index (χ0n) is 15.3. The molecular formula is C22H18ClNO5. The number of carbonyl (C=O) groups is 1. The van der Waals surface area contributed by atoms with Crippen LogP contribution in [0.4, 0.5) is 0 Å². The molecule has 2 N–H and O–H groups in total. The molecule has 0 saturated heterocycles. The number of hydrogen-bond donors (Lipinski definition) is 2. The number of benzene rings is 2. The average Bonchev–Trinajstić information content (AvgIpc) is 3.19. The van der Waals surface area contributed by atoms with Crippen molar-refractivity contribution in [3.63, 3.8) is 0 Å². The van der Waals surface area contributed by atoms with Crippen LogP contribution >= 0.6 is 11.6 Å². The highest BCUT2D eigenvalue weighted by atomic mass is 35.5. The molecule has 0 aliphatic carbocycles. The van der Waals surface area contributed by atoms with Gasteiger partial charge in [0.25, 0.3) is 0 Å². The molecule has 1 aromatic heterocycles. The Bertz CT molecular complexity index is 1090. The van der Waals surface area contributed by atoms with Crippen molar-refractivity contribution in [1.82, 2.24) is 4.57 Å². The number of ether oxygens (including phenoxy) is 2. The fourth-order valence-electron chi connectivity index (χ4n) is 3.35. The van der Waals surface area contributed by atoms with E-state index in [1.54, 1.807) is 59.3 Å². The molecule has 0 saturated carbocycles. The smallest absolute Gasteiger partial charge is 0.328 e. The van der Waals surface area contributed by atoms with Crippen LogP contribution < -0.4 is 9.47 Å². The second-order valence-corrected chi connectivity index (χ2v) is 6.89. The Hall–Kier alpha value is -3.22. The second kappa shape index (κ2) is 8.03. The highest BCUT2D eigenvalue weighted by Crippen LogP contribution is 2.41. The standard InChI is InChI=1S/C22H18ClNO5/c23-14-6-8-18(24-10-2-3-15(24)7-9-20(25)26)17(13-14)21(27)16-4-1-5-19-22(16)29-12-11-28-19/h1-10,13,21,27H,11-12H2,(H,25,26). The highest BCUT2D eigenvalue weighted by Gasteiger charge is 2.24. The van der Waals surface area contributed by atoms with E-state index in [-0.39, 0.29) is 0 Å². The number of para-hydroxylation sites is 1. The molecule has 2 heterocycles. The lowest BCUT2D eigenvalue weighted by Crippen LogP contribution is -2.18. The van der Waals surface area contributed by atoms with Gasteiger partial charge in [-0.1, -0.05) is 23.7 Å². The fourth-order valence-corrected chi connectivity index (χ4v) is 3.53. The van der Waals surface area contributed by atoms with Gasteiger partial charge < -0.3 is 24.3 Å². The predicted octanol–water partition coefficient (Wildman–Crippen LogP) is 4.08. The van der Waals surface area contributed by atoms with E-state index in [0.29, 0.717) is 52.2 Å². The van der Waals surface area contributed by atoms with E-state index in [9.17, 15) is 9.90 Å². The lowest BCUT2D eigenvalue weighted by molar-refractivity contribution is -0.131. The van der Waals surface area contributed by atoms with E-state index in [1.165, 1.54) is 6.08 Å². The van der Waals surface area contributed by atoms with E-state index >= 15 is 0 Å². The van der Waals surface area contributed by atoms with Gasteiger partial charge >= 0.3 is 5.97 Å². The minimum absolute atomic E-state index is 0.404. The molecule has 0 amide bonds. The van der Waals surface area contributed by atoms with Crippen molar-refractivity contribution in [2.45, 2.75) is 6.10 Å². The van der Waals surface area contributed by atoms with Crippen LogP contribution in [0.25, 0.3) is 11.8 Å². The first-order chi connectivity index (χ1) is 14.0. The zero-order chi connectivity index (χ0) is 20.4. The summed E-state index contributed by atoms with van der Waals surface area (Å²) in [7, 11) is 0. The van der Waals surface area contributed by atoms with Crippen molar-refractivity contribution in [3.8, 4) is 17.2 Å². The zero-order valence-corrected chi connectivity index (χ0v) is 16.0. The van der Waals surface area contributed by atoms with Gasteiger partial charge in [-0.3, -0.25) is 0 Å². The maximum absolute atomic E-state index is 11.2. The summed E-state index contributed by atoms with van der Waals surface area (Å²) in [6, 6.07) is 14.2. The minimum Gasteiger partial charge on any atom is -0.486 e. The molecule has 2 aromatic carbocycles. The summed E-state index contributed by atoms with van der Waals surface area (Å²) in [6.45, 7) is 0.860. The van der Waals surface area contributed by atoms with E-state index in [4.69, 9.17) is 26.2 Å². The molecule has 0 fully saturated rings. The van der Waals surface area contributed by atoms with Crippen molar-refractivity contribution in [1.29, 1.82) is 0 Å². The largest absolute Gasteiger partial charge is 0.486 e. The number of aromatic nitrogens is 1. The number of hydrogen-bond acceptors (Lipinski definition) is 4. The molecule has 6 nitrogen and oxygen atoms in total. The van der Waals surface area contributed by atoms with E-state index in [0.717, 1.165) is 6.08 Å². The predicted molar refractivity (Wildman–Crippen MR) is 109 cm³/mol. The van der Waals surface area contributed by atoms with E-state index in [2.05, 4.69) is 0 Å². The molecule has 0 spiro atoms. The van der Waals surface area contributed by atoms with Crippen LogP contribution in [0.3, 0.4) is 0 Å². The average molecular weight is 412 g/mol. The van der Waals surface area contributed by atoms with Crippen molar-refractivity contribution in [2.75, 3.05) is 13.2 Å². The third-order valence-corrected chi connectivity index (χ3v) is 4.85. The summed E-state index contributed by atoms with van der Waals surface area (Å²) in [4.78, 5) is 10.9. The number of nitrogens with zero attached hydrogens (tertiary/aromatic N) is 1. The second-order valence-electron chi connectivity index (χ2n) is 6.45. The molecule has 148 valence electrons. The Kier molecular flexibility index (Phi) is 5.29. The molecule has 7 heteroatoms. The Morgan fingerprint density at radius 1 is 1.10 bits per heavy atom. The lowest BCUT2D eigenvalue weighted by atomic mass is 9.98. The van der Waals surface area contributed by atoms with E-state index < -0.39 is 12.1 Å². The van der Waals surface area contributed by atoms with Crippen LogP contribution in [0.1, 0.15) is 22.9 Å². The van der Waals surface area contributed by atoms with Gasteiger partial charge in [0, 0.05) is 34.1 Å². The lowest BCUT2D eigenvalue weighted by Gasteiger charge is -2.24. The number of halogens is 1. The summed E-state index contributed by atoms with van der Waals surface area (Å²) in [5.74, 6) is 0.0558. The number of aliphatic hydroxyl groups is 1. The van der Waals surface area contributed by atoms with Gasteiger partial charge in [-0.25, -0.2) is 4.79 Å². The number of aliphatic carboxylic acids is 1. The molecule has 1 unspecified atom stereocenters. The Balaban J connectivity index is 1.82. The molecule has 1 aliphatic heterocycles. The fraction of sp³-hybridized carbons (Fsp3) is 0.136. The van der Waals surface area contributed by atoms with Gasteiger partial charge in [-0.15, -0.1) is 0 Å². The molecule has 29 heavy (non-hydrogen) atoms. The summed E-state index contributed by atoms with van der Waals surface area (Å²) in [5.41, 5.74) is 2.45. The van der Waals surface area contributed by atoms with Gasteiger partial charge in [0.05, 0.1) is 5.69 Å². The van der Waals surface area contributed by atoms with Crippen LogP contribution in [0.2, 0.25) is 5.02 Å². The summed E-state index contributed by atoms with van der Waals surface area (Å²) >= 11 is 6.23. The van der Waals surface area contributed by atoms with Gasteiger partial charge in [-0.05, 0) is 42.5 Å². The third kappa shape index (κ3) is 3.85. The normalized spacial score (nSPS) is 14.1. The number of carboxylic acid groups (broad SMARTS) is 1. The molecule has 0 radical (unpaired) electrons. The van der Waals surface area contributed by atoms with Crippen LogP contribution in [-0.2, 0) is 4.79 Å². The van der Waals surface area contributed by atoms with Gasteiger partial charge in [0.2, 0.25) is 0 Å². The highest BCUT2D eigenvalue weighted by molar-refractivity contribution is 6.30. The van der Waals surface area contributed by atoms with Crippen molar-refractivity contribution >= 4 is 23.6 Å². The molecular weight excluding hydrogens is 394 g/mol. The van der Waals surface area contributed by atoms with E-state index in [1.807, 2.05) is 0 Å². The Morgan fingerprint density at radius 2 is 1.93 bits per heavy atom. The van der Waals surface area contributed by atoms with Crippen LogP contribution in [0.15, 0.2) is 60.8 Å². The molecule has 4 rings (SSSR count). The number of carboxylic acids is 1. The summed E-state index contributed by atoms with van der Waals surface area (Å²) < 4.78 is 13.2. The number of aliphatic hydroxyl groups excluding tert-OH is 1.